The number of aliphatic hydroxyl groups is 1. The van der Waals surface area contributed by atoms with E-state index in [2.05, 4.69) is 0 Å². The minimum Gasteiger partial charge on any atom is -0.464 e. The summed E-state index contributed by atoms with van der Waals surface area (Å²) < 4.78 is 10.3. The zero-order valence-electron chi connectivity index (χ0n) is 13.6. The van der Waals surface area contributed by atoms with Gasteiger partial charge in [-0.1, -0.05) is 18.2 Å². The van der Waals surface area contributed by atoms with E-state index in [9.17, 15) is 19.5 Å². The molecule has 0 unspecified atom stereocenters. The molecule has 2 atom stereocenters. The molecule has 1 heterocycles. The van der Waals surface area contributed by atoms with Crippen molar-refractivity contribution in [2.24, 2.45) is 0 Å². The molecule has 0 aromatic rings. The molecule has 0 amide bonds. The average Bonchev–Trinajstić information content (AvgIpc) is 2.53. The molecule has 0 fully saturated rings. The van der Waals surface area contributed by atoms with Crippen molar-refractivity contribution in [3.8, 4) is 0 Å². The molecule has 24 heavy (non-hydrogen) atoms. The van der Waals surface area contributed by atoms with Crippen molar-refractivity contribution in [1.82, 2.24) is 0 Å². The van der Waals surface area contributed by atoms with E-state index in [-0.39, 0.29) is 5.57 Å². The second-order valence-electron chi connectivity index (χ2n) is 5.50. The highest BCUT2D eigenvalue weighted by Crippen LogP contribution is 2.33. The lowest BCUT2D eigenvalue weighted by molar-refractivity contribution is -0.174. The van der Waals surface area contributed by atoms with E-state index in [4.69, 9.17) is 9.47 Å². The lowest BCUT2D eigenvalue weighted by atomic mass is 9.80. The summed E-state index contributed by atoms with van der Waals surface area (Å²) >= 11 is 0. The summed E-state index contributed by atoms with van der Waals surface area (Å²) in [5, 5.41) is 9.23. The molecular weight excluding hydrogens is 312 g/mol. The molecule has 0 bridgehead atoms. The molecule has 0 aromatic heterocycles. The number of hydrogen-bond donors (Lipinski definition) is 1. The predicted molar refractivity (Wildman–Crippen MR) is 85.5 cm³/mol. The standard InChI is InChI=1S/C18H18O6/c1-4-5-6-7-13-8-12-9-15(20)18(3,24-17(22)11(2)19)16(21)14(12)10-23-13/h4-11,19H,1-3H3/b5-4+,7-6+/t11-,18-/m0/s1. The largest absolute Gasteiger partial charge is 0.464 e. The van der Waals surface area contributed by atoms with Gasteiger partial charge < -0.3 is 14.6 Å². The Hall–Kier alpha value is -2.73. The summed E-state index contributed by atoms with van der Waals surface area (Å²) in [5.41, 5.74) is -1.47. The van der Waals surface area contributed by atoms with E-state index in [1.54, 1.807) is 18.2 Å². The third-order valence-electron chi connectivity index (χ3n) is 3.57. The Labute approximate surface area is 139 Å². The van der Waals surface area contributed by atoms with Crippen LogP contribution in [-0.2, 0) is 23.9 Å². The van der Waals surface area contributed by atoms with E-state index in [1.165, 1.54) is 26.2 Å². The van der Waals surface area contributed by atoms with Gasteiger partial charge in [0.25, 0.3) is 0 Å². The maximum absolute atomic E-state index is 12.6. The van der Waals surface area contributed by atoms with Crippen LogP contribution in [0.4, 0.5) is 0 Å². The molecule has 0 spiro atoms. The fourth-order valence-corrected chi connectivity index (χ4v) is 2.14. The van der Waals surface area contributed by atoms with Crippen LogP contribution in [0.15, 0.2) is 59.6 Å². The molecule has 2 aliphatic rings. The van der Waals surface area contributed by atoms with Crippen molar-refractivity contribution in [3.05, 3.63) is 59.6 Å². The van der Waals surface area contributed by atoms with Gasteiger partial charge in [-0.2, -0.15) is 0 Å². The van der Waals surface area contributed by atoms with Crippen LogP contribution in [0.1, 0.15) is 20.8 Å². The van der Waals surface area contributed by atoms with E-state index in [1.807, 2.05) is 19.1 Å². The molecule has 6 nitrogen and oxygen atoms in total. The Morgan fingerprint density at radius 1 is 1.33 bits per heavy atom. The number of carbonyl (C=O) groups excluding carboxylic acids is 3. The first-order valence-electron chi connectivity index (χ1n) is 7.39. The minimum atomic E-state index is -2.00. The second kappa shape index (κ2) is 6.80. The van der Waals surface area contributed by atoms with Crippen LogP contribution in [-0.4, -0.2) is 34.3 Å². The summed E-state index contributed by atoms with van der Waals surface area (Å²) in [6.07, 6.45) is 9.67. The predicted octanol–water partition coefficient (Wildman–Crippen LogP) is 1.68. The molecule has 6 heteroatoms. The molecule has 0 radical (unpaired) electrons. The van der Waals surface area contributed by atoms with Crippen molar-refractivity contribution in [2.45, 2.75) is 32.5 Å². The van der Waals surface area contributed by atoms with Gasteiger partial charge in [-0.05, 0) is 44.6 Å². The average molecular weight is 330 g/mol. The fourth-order valence-electron chi connectivity index (χ4n) is 2.14. The van der Waals surface area contributed by atoms with Gasteiger partial charge >= 0.3 is 5.97 Å². The molecule has 0 saturated heterocycles. The Balaban J connectivity index is 2.33. The molecular formula is C18H18O6. The lowest BCUT2D eigenvalue weighted by Gasteiger charge is -2.31. The number of ketones is 2. The number of rotatable bonds is 4. The quantitative estimate of drug-likeness (QED) is 0.479. The van der Waals surface area contributed by atoms with Gasteiger partial charge in [0.1, 0.15) is 18.1 Å². The van der Waals surface area contributed by atoms with Gasteiger partial charge in [0.05, 0.1) is 5.57 Å². The number of ether oxygens (including phenoxy) is 2. The van der Waals surface area contributed by atoms with Crippen LogP contribution in [0.25, 0.3) is 0 Å². The highest BCUT2D eigenvalue weighted by Gasteiger charge is 2.49. The Morgan fingerprint density at radius 2 is 2.04 bits per heavy atom. The summed E-state index contributed by atoms with van der Waals surface area (Å²) in [5.74, 6) is -1.93. The van der Waals surface area contributed by atoms with Gasteiger partial charge in [0, 0.05) is 0 Å². The highest BCUT2D eigenvalue weighted by atomic mass is 16.6. The number of carbonyl (C=O) groups is 3. The molecule has 0 aromatic carbocycles. The first-order chi connectivity index (χ1) is 11.3. The monoisotopic (exact) mass is 330 g/mol. The van der Waals surface area contributed by atoms with Crippen molar-refractivity contribution in [3.63, 3.8) is 0 Å². The molecule has 126 valence electrons. The number of fused-ring (bicyclic) bond motifs is 1. The first-order valence-corrected chi connectivity index (χ1v) is 7.39. The SMILES string of the molecule is C/C=C/C=C/C1=CC2=CC(=O)[C@](C)(OC(=O)[C@H](C)O)C(=O)C2=CO1. The maximum atomic E-state index is 12.6. The van der Waals surface area contributed by atoms with Gasteiger partial charge in [-0.15, -0.1) is 0 Å². The van der Waals surface area contributed by atoms with E-state index in [0.717, 1.165) is 0 Å². The topological polar surface area (TPSA) is 89.9 Å². The minimum absolute atomic E-state index is 0.138. The lowest BCUT2D eigenvalue weighted by Crippen LogP contribution is -2.51. The molecule has 1 aliphatic heterocycles. The van der Waals surface area contributed by atoms with Crippen molar-refractivity contribution >= 4 is 17.5 Å². The van der Waals surface area contributed by atoms with Crippen LogP contribution in [0.2, 0.25) is 0 Å². The van der Waals surface area contributed by atoms with Gasteiger partial charge in [-0.3, -0.25) is 9.59 Å². The van der Waals surface area contributed by atoms with Crippen LogP contribution in [0.5, 0.6) is 0 Å². The van der Waals surface area contributed by atoms with Crippen LogP contribution >= 0.6 is 0 Å². The zero-order chi connectivity index (χ0) is 17.9. The molecule has 1 N–H and O–H groups in total. The summed E-state index contributed by atoms with van der Waals surface area (Å²) in [6, 6.07) is 0. The Morgan fingerprint density at radius 3 is 2.67 bits per heavy atom. The molecule has 2 rings (SSSR count). The van der Waals surface area contributed by atoms with Gasteiger partial charge in [0.2, 0.25) is 17.2 Å². The number of aliphatic hydroxyl groups excluding tert-OH is 1. The normalized spacial score (nSPS) is 24.9. The first kappa shape index (κ1) is 17.6. The van der Waals surface area contributed by atoms with E-state index < -0.39 is 29.2 Å². The number of Topliss-reactive ketones (excluding diaryl/α,β-unsaturated/α-hetero) is 1. The number of hydrogen-bond acceptors (Lipinski definition) is 6. The highest BCUT2D eigenvalue weighted by molar-refractivity contribution is 6.26. The summed E-state index contributed by atoms with van der Waals surface area (Å²) in [7, 11) is 0. The van der Waals surface area contributed by atoms with Crippen molar-refractivity contribution in [1.29, 1.82) is 0 Å². The number of allylic oxidation sites excluding steroid dienone is 6. The summed E-state index contributed by atoms with van der Waals surface area (Å²) in [4.78, 5) is 36.5. The van der Waals surface area contributed by atoms with Crippen LogP contribution in [0.3, 0.4) is 0 Å². The fraction of sp³-hybridized carbons (Fsp3) is 0.278. The number of esters is 1. The summed E-state index contributed by atoms with van der Waals surface area (Å²) in [6.45, 7) is 4.27. The van der Waals surface area contributed by atoms with Gasteiger partial charge in [-0.25, -0.2) is 4.79 Å². The van der Waals surface area contributed by atoms with E-state index in [0.29, 0.717) is 11.3 Å². The second-order valence-corrected chi connectivity index (χ2v) is 5.50. The third kappa shape index (κ3) is 3.28. The zero-order valence-corrected chi connectivity index (χ0v) is 13.6. The third-order valence-corrected chi connectivity index (χ3v) is 3.57. The molecule has 0 saturated carbocycles. The maximum Gasteiger partial charge on any atom is 0.336 e. The van der Waals surface area contributed by atoms with Crippen LogP contribution in [0, 0.1) is 0 Å². The molecule has 1 aliphatic carbocycles. The van der Waals surface area contributed by atoms with Crippen molar-refractivity contribution in [2.75, 3.05) is 0 Å². The van der Waals surface area contributed by atoms with Crippen LogP contribution < -0.4 is 0 Å². The smallest absolute Gasteiger partial charge is 0.336 e. The Kier molecular flexibility index (Phi) is 4.99. The van der Waals surface area contributed by atoms with Crippen molar-refractivity contribution < 1.29 is 29.0 Å². The Bertz CT molecular complexity index is 733. The van der Waals surface area contributed by atoms with E-state index >= 15 is 0 Å². The van der Waals surface area contributed by atoms with Gasteiger partial charge in [0.15, 0.2) is 0 Å².